The van der Waals surface area contributed by atoms with E-state index in [4.69, 9.17) is 5.11 Å². The van der Waals surface area contributed by atoms with Crippen molar-refractivity contribution in [2.45, 2.75) is 45.6 Å². The van der Waals surface area contributed by atoms with E-state index in [2.05, 4.69) is 24.1 Å². The lowest BCUT2D eigenvalue weighted by Gasteiger charge is -2.27. The van der Waals surface area contributed by atoms with E-state index >= 15 is 0 Å². The van der Waals surface area contributed by atoms with Gasteiger partial charge in [0.1, 0.15) is 0 Å². The molecule has 0 aromatic carbocycles. The summed E-state index contributed by atoms with van der Waals surface area (Å²) in [5.41, 5.74) is 0. The standard InChI is InChI=1S/C13H28N2O/c1-3-8-14-13-7-5-6-12(13)11-15(4-2)9-10-16/h12-14,16H,3-11H2,1-2H3. The van der Waals surface area contributed by atoms with Crippen molar-refractivity contribution in [2.24, 2.45) is 5.92 Å². The summed E-state index contributed by atoms with van der Waals surface area (Å²) in [4.78, 5) is 2.37. The summed E-state index contributed by atoms with van der Waals surface area (Å²) in [6.45, 7) is 8.87. The van der Waals surface area contributed by atoms with Crippen LogP contribution in [0.1, 0.15) is 39.5 Å². The van der Waals surface area contributed by atoms with Gasteiger partial charge in [-0.15, -0.1) is 0 Å². The highest BCUT2D eigenvalue weighted by Crippen LogP contribution is 2.26. The van der Waals surface area contributed by atoms with Crippen LogP contribution in [0.4, 0.5) is 0 Å². The molecule has 1 aliphatic carbocycles. The maximum Gasteiger partial charge on any atom is 0.0558 e. The van der Waals surface area contributed by atoms with Crippen molar-refractivity contribution in [2.75, 3.05) is 32.8 Å². The van der Waals surface area contributed by atoms with Crippen molar-refractivity contribution >= 4 is 0 Å². The fraction of sp³-hybridized carbons (Fsp3) is 1.00. The molecule has 0 aromatic heterocycles. The van der Waals surface area contributed by atoms with E-state index in [0.29, 0.717) is 6.04 Å². The Hall–Kier alpha value is -0.120. The minimum absolute atomic E-state index is 0.285. The van der Waals surface area contributed by atoms with Gasteiger partial charge in [0.05, 0.1) is 6.61 Å². The van der Waals surface area contributed by atoms with Gasteiger partial charge in [0.15, 0.2) is 0 Å². The second kappa shape index (κ2) is 8.04. The minimum Gasteiger partial charge on any atom is -0.395 e. The third kappa shape index (κ3) is 4.40. The first-order valence-corrected chi connectivity index (χ1v) is 6.88. The van der Waals surface area contributed by atoms with Gasteiger partial charge in [-0.1, -0.05) is 20.3 Å². The molecule has 0 spiro atoms. The van der Waals surface area contributed by atoms with Crippen molar-refractivity contribution in [1.82, 2.24) is 10.2 Å². The van der Waals surface area contributed by atoms with E-state index in [1.807, 2.05) is 0 Å². The predicted octanol–water partition coefficient (Wildman–Crippen LogP) is 1.47. The summed E-state index contributed by atoms with van der Waals surface area (Å²) < 4.78 is 0. The normalized spacial score (nSPS) is 25.5. The van der Waals surface area contributed by atoms with Gasteiger partial charge in [0.2, 0.25) is 0 Å². The zero-order valence-corrected chi connectivity index (χ0v) is 10.9. The molecule has 3 heteroatoms. The molecule has 0 aromatic rings. The molecule has 1 saturated carbocycles. The van der Waals surface area contributed by atoms with Crippen LogP contribution in [0.2, 0.25) is 0 Å². The van der Waals surface area contributed by atoms with Crippen molar-refractivity contribution in [3.8, 4) is 0 Å². The largest absolute Gasteiger partial charge is 0.395 e. The SMILES string of the molecule is CCCNC1CCCC1CN(CC)CCO. The average molecular weight is 228 g/mol. The quantitative estimate of drug-likeness (QED) is 0.660. The molecule has 0 aliphatic heterocycles. The summed E-state index contributed by atoms with van der Waals surface area (Å²) in [7, 11) is 0. The van der Waals surface area contributed by atoms with Gasteiger partial charge in [0, 0.05) is 19.1 Å². The Kier molecular flexibility index (Phi) is 7.01. The Morgan fingerprint density at radius 2 is 2.12 bits per heavy atom. The first-order chi connectivity index (χ1) is 7.81. The maximum absolute atomic E-state index is 8.99. The first kappa shape index (κ1) is 13.9. The number of nitrogens with one attached hydrogen (secondary N) is 1. The van der Waals surface area contributed by atoms with Crippen LogP contribution in [0, 0.1) is 5.92 Å². The lowest BCUT2D eigenvalue weighted by molar-refractivity contribution is 0.173. The molecule has 2 N–H and O–H groups in total. The van der Waals surface area contributed by atoms with Crippen molar-refractivity contribution in [3.63, 3.8) is 0 Å². The van der Waals surface area contributed by atoms with Crippen molar-refractivity contribution in [3.05, 3.63) is 0 Å². The molecular weight excluding hydrogens is 200 g/mol. The summed E-state index contributed by atoms with van der Waals surface area (Å²) in [5.74, 6) is 0.790. The Morgan fingerprint density at radius 3 is 2.75 bits per heavy atom. The topological polar surface area (TPSA) is 35.5 Å². The van der Waals surface area contributed by atoms with E-state index in [0.717, 1.165) is 32.1 Å². The smallest absolute Gasteiger partial charge is 0.0558 e. The zero-order valence-electron chi connectivity index (χ0n) is 10.9. The van der Waals surface area contributed by atoms with E-state index < -0.39 is 0 Å². The lowest BCUT2D eigenvalue weighted by atomic mass is 10.0. The van der Waals surface area contributed by atoms with E-state index in [9.17, 15) is 0 Å². The lowest BCUT2D eigenvalue weighted by Crippen LogP contribution is -2.40. The molecule has 1 fully saturated rings. The van der Waals surface area contributed by atoms with E-state index in [1.165, 1.54) is 25.7 Å². The minimum atomic E-state index is 0.285. The number of hydrogen-bond acceptors (Lipinski definition) is 3. The van der Waals surface area contributed by atoms with Crippen LogP contribution in [0.25, 0.3) is 0 Å². The number of aliphatic hydroxyl groups is 1. The molecule has 0 bridgehead atoms. The highest BCUT2D eigenvalue weighted by atomic mass is 16.3. The molecule has 2 atom stereocenters. The number of likely N-dealkylation sites (N-methyl/N-ethyl adjacent to an activating group) is 1. The number of rotatable bonds is 8. The van der Waals surface area contributed by atoms with Crippen molar-refractivity contribution in [1.29, 1.82) is 0 Å². The van der Waals surface area contributed by atoms with Crippen LogP contribution in [0.5, 0.6) is 0 Å². The Morgan fingerprint density at radius 1 is 1.31 bits per heavy atom. The van der Waals surface area contributed by atoms with Crippen LogP contribution < -0.4 is 5.32 Å². The molecule has 16 heavy (non-hydrogen) atoms. The summed E-state index contributed by atoms with van der Waals surface area (Å²) in [5, 5.41) is 12.7. The molecule has 1 aliphatic rings. The zero-order chi connectivity index (χ0) is 11.8. The van der Waals surface area contributed by atoms with Gasteiger partial charge >= 0.3 is 0 Å². The van der Waals surface area contributed by atoms with Crippen LogP contribution in [0.15, 0.2) is 0 Å². The molecule has 1 rings (SSSR count). The average Bonchev–Trinajstić information content (AvgIpc) is 2.73. The molecule has 0 radical (unpaired) electrons. The van der Waals surface area contributed by atoms with Crippen LogP contribution in [-0.2, 0) is 0 Å². The van der Waals surface area contributed by atoms with E-state index in [-0.39, 0.29) is 6.61 Å². The van der Waals surface area contributed by atoms with E-state index in [1.54, 1.807) is 0 Å². The molecule has 0 heterocycles. The molecule has 0 amide bonds. The van der Waals surface area contributed by atoms with Crippen molar-refractivity contribution < 1.29 is 5.11 Å². The van der Waals surface area contributed by atoms with Crippen LogP contribution in [0.3, 0.4) is 0 Å². The predicted molar refractivity (Wildman–Crippen MR) is 68.6 cm³/mol. The monoisotopic (exact) mass is 228 g/mol. The van der Waals surface area contributed by atoms with Gasteiger partial charge in [-0.05, 0) is 38.3 Å². The summed E-state index contributed by atoms with van der Waals surface area (Å²) >= 11 is 0. The fourth-order valence-electron chi connectivity index (χ4n) is 2.71. The van der Waals surface area contributed by atoms with Gasteiger partial charge in [-0.2, -0.15) is 0 Å². The van der Waals surface area contributed by atoms with Gasteiger partial charge < -0.3 is 15.3 Å². The Balaban J connectivity index is 2.32. The Labute approximate surface area is 100 Å². The third-order valence-corrected chi connectivity index (χ3v) is 3.67. The van der Waals surface area contributed by atoms with Gasteiger partial charge in [0.25, 0.3) is 0 Å². The van der Waals surface area contributed by atoms with Crippen LogP contribution in [-0.4, -0.2) is 48.8 Å². The number of nitrogens with zero attached hydrogens (tertiary/aromatic N) is 1. The molecule has 96 valence electrons. The summed E-state index contributed by atoms with van der Waals surface area (Å²) in [6.07, 6.45) is 5.27. The highest BCUT2D eigenvalue weighted by Gasteiger charge is 2.27. The molecule has 2 unspecified atom stereocenters. The summed E-state index contributed by atoms with van der Waals surface area (Å²) in [6, 6.07) is 0.715. The number of aliphatic hydroxyl groups excluding tert-OH is 1. The second-order valence-corrected chi connectivity index (χ2v) is 4.87. The molecule has 0 saturated heterocycles. The second-order valence-electron chi connectivity index (χ2n) is 4.87. The van der Waals surface area contributed by atoms with Gasteiger partial charge in [-0.3, -0.25) is 0 Å². The molecule has 3 nitrogen and oxygen atoms in total. The third-order valence-electron chi connectivity index (χ3n) is 3.67. The van der Waals surface area contributed by atoms with Gasteiger partial charge in [-0.25, -0.2) is 0 Å². The van der Waals surface area contributed by atoms with Crippen LogP contribution >= 0.6 is 0 Å². The highest BCUT2D eigenvalue weighted by molar-refractivity contribution is 4.85. The number of hydrogen-bond donors (Lipinski definition) is 2. The fourth-order valence-corrected chi connectivity index (χ4v) is 2.71. The first-order valence-electron chi connectivity index (χ1n) is 6.88. The molecular formula is C13H28N2O. The maximum atomic E-state index is 8.99. The Bertz CT molecular complexity index is 175.